The van der Waals surface area contributed by atoms with Crippen molar-refractivity contribution in [3.05, 3.63) is 80.7 Å². The summed E-state index contributed by atoms with van der Waals surface area (Å²) in [6.07, 6.45) is 0. The van der Waals surface area contributed by atoms with Crippen molar-refractivity contribution in [3.8, 4) is 11.8 Å². The van der Waals surface area contributed by atoms with Crippen LogP contribution >= 0.6 is 35.0 Å². The molecule has 0 amide bonds. The number of nitriles is 1. The van der Waals surface area contributed by atoms with Crippen molar-refractivity contribution in [1.82, 2.24) is 19.7 Å². The van der Waals surface area contributed by atoms with Gasteiger partial charge in [-0.15, -0.1) is 10.2 Å². The van der Waals surface area contributed by atoms with E-state index in [1.165, 1.54) is 4.57 Å². The van der Waals surface area contributed by atoms with Gasteiger partial charge in [0.25, 0.3) is 5.56 Å². The molecule has 0 fully saturated rings. The van der Waals surface area contributed by atoms with Gasteiger partial charge in [-0.2, -0.15) is 5.26 Å². The van der Waals surface area contributed by atoms with E-state index < -0.39 is 0 Å². The van der Waals surface area contributed by atoms with Crippen LogP contribution in [0.25, 0.3) is 16.6 Å². The van der Waals surface area contributed by atoms with Crippen LogP contribution in [0, 0.1) is 11.3 Å². The summed E-state index contributed by atoms with van der Waals surface area (Å²) in [6.45, 7) is 0. The number of nitrogens with zero attached hydrogens (tertiary/aromatic N) is 5. The van der Waals surface area contributed by atoms with Crippen molar-refractivity contribution in [2.75, 3.05) is 0 Å². The molecule has 0 aliphatic carbocycles. The Bertz CT molecular complexity index is 1280. The highest BCUT2D eigenvalue weighted by Gasteiger charge is 2.15. The van der Waals surface area contributed by atoms with E-state index in [2.05, 4.69) is 15.2 Å². The minimum Gasteiger partial charge on any atom is -0.268 e. The van der Waals surface area contributed by atoms with Crippen LogP contribution in [0.5, 0.6) is 0 Å². The number of rotatable bonds is 3. The summed E-state index contributed by atoms with van der Waals surface area (Å²) in [5.74, 6) is 0. The van der Waals surface area contributed by atoms with E-state index in [-0.39, 0.29) is 11.3 Å². The first kappa shape index (κ1) is 18.4. The normalized spacial score (nSPS) is 10.8. The molecule has 2 aromatic carbocycles. The van der Waals surface area contributed by atoms with Crippen molar-refractivity contribution >= 4 is 45.9 Å². The summed E-state index contributed by atoms with van der Waals surface area (Å²) in [7, 11) is 0. The third-order valence-corrected chi connectivity index (χ3v) is 5.21. The molecule has 136 valence electrons. The van der Waals surface area contributed by atoms with Gasteiger partial charge in [0.2, 0.25) is 0 Å². The number of fused-ring (bicyclic) bond motifs is 1. The Balaban J connectivity index is 1.93. The Hall–Kier alpha value is -2.92. The van der Waals surface area contributed by atoms with E-state index in [9.17, 15) is 4.79 Å². The summed E-state index contributed by atoms with van der Waals surface area (Å²) >= 11 is 13.2. The summed E-state index contributed by atoms with van der Waals surface area (Å²) in [6, 6.07) is 16.9. The molecule has 0 spiro atoms. The van der Waals surface area contributed by atoms with Crippen LogP contribution in [0.1, 0.15) is 5.69 Å². The second-order valence-electron chi connectivity index (χ2n) is 5.64. The van der Waals surface area contributed by atoms with Gasteiger partial charge in [0.05, 0.1) is 16.6 Å². The Morgan fingerprint density at radius 1 is 0.964 bits per heavy atom. The molecule has 4 rings (SSSR count). The molecule has 0 unspecified atom stereocenters. The zero-order valence-electron chi connectivity index (χ0n) is 14.0. The van der Waals surface area contributed by atoms with Gasteiger partial charge in [-0.3, -0.25) is 9.36 Å². The van der Waals surface area contributed by atoms with Crippen LogP contribution in [0.15, 0.2) is 69.6 Å². The number of benzene rings is 2. The molecule has 9 heteroatoms. The second kappa shape index (κ2) is 7.60. The van der Waals surface area contributed by atoms with E-state index in [1.807, 2.05) is 6.07 Å². The molecular weight excluding hydrogens is 417 g/mol. The largest absolute Gasteiger partial charge is 0.268 e. The van der Waals surface area contributed by atoms with E-state index >= 15 is 0 Å². The fourth-order valence-electron chi connectivity index (χ4n) is 2.55. The summed E-state index contributed by atoms with van der Waals surface area (Å²) in [4.78, 5) is 17.8. The first-order valence-electron chi connectivity index (χ1n) is 7.95. The quantitative estimate of drug-likeness (QED) is 0.449. The van der Waals surface area contributed by atoms with Gasteiger partial charge in [0.1, 0.15) is 11.1 Å². The lowest BCUT2D eigenvalue weighted by Crippen LogP contribution is -2.21. The number of halogens is 2. The summed E-state index contributed by atoms with van der Waals surface area (Å²) in [5.41, 5.74) is 1.06. The monoisotopic (exact) mass is 425 g/mol. The molecule has 0 N–H and O–H groups in total. The Kier molecular flexibility index (Phi) is 5.01. The first-order valence-corrected chi connectivity index (χ1v) is 9.52. The van der Waals surface area contributed by atoms with Crippen molar-refractivity contribution in [2.45, 2.75) is 10.2 Å². The lowest BCUT2D eigenvalue weighted by atomic mass is 10.2. The smallest absolute Gasteiger partial charge is 0.266 e. The highest BCUT2D eigenvalue weighted by molar-refractivity contribution is 7.99. The fourth-order valence-corrected chi connectivity index (χ4v) is 3.67. The van der Waals surface area contributed by atoms with Crippen LogP contribution in [0.4, 0.5) is 0 Å². The SMILES string of the molecule is N#Cc1ccc(Sc2nc3cc(Cl)ccc3c(=O)n2-c2ccc(Cl)cc2)nn1. The molecule has 0 atom stereocenters. The summed E-state index contributed by atoms with van der Waals surface area (Å²) < 4.78 is 1.48. The highest BCUT2D eigenvalue weighted by atomic mass is 35.5. The van der Waals surface area contributed by atoms with Gasteiger partial charge >= 0.3 is 0 Å². The molecule has 4 aromatic rings. The van der Waals surface area contributed by atoms with E-state index in [4.69, 9.17) is 28.5 Å². The maximum atomic E-state index is 13.2. The number of hydrogen-bond donors (Lipinski definition) is 0. The fraction of sp³-hybridized carbons (Fsp3) is 0. The predicted octanol–water partition coefficient (Wildman–Crippen LogP) is 4.51. The van der Waals surface area contributed by atoms with Crippen molar-refractivity contribution < 1.29 is 0 Å². The van der Waals surface area contributed by atoms with Crippen molar-refractivity contribution in [1.29, 1.82) is 5.26 Å². The minimum atomic E-state index is -0.243. The Labute approximate surface area is 173 Å². The lowest BCUT2D eigenvalue weighted by Gasteiger charge is -2.13. The van der Waals surface area contributed by atoms with Gasteiger partial charge in [-0.1, -0.05) is 23.2 Å². The minimum absolute atomic E-state index is 0.206. The maximum absolute atomic E-state index is 13.2. The standard InChI is InChI=1S/C19H9Cl2N5OS/c20-11-1-5-14(6-2-11)26-18(27)15-7-3-12(21)9-16(15)23-19(26)28-17-8-4-13(10-22)24-25-17/h1-9H. The number of hydrogen-bond acceptors (Lipinski definition) is 6. The molecule has 6 nitrogen and oxygen atoms in total. The van der Waals surface area contributed by atoms with Gasteiger partial charge < -0.3 is 0 Å². The van der Waals surface area contributed by atoms with Crippen LogP contribution in [-0.2, 0) is 0 Å². The maximum Gasteiger partial charge on any atom is 0.266 e. The zero-order valence-corrected chi connectivity index (χ0v) is 16.3. The average Bonchev–Trinajstić information content (AvgIpc) is 2.69. The molecule has 0 saturated heterocycles. The van der Waals surface area contributed by atoms with Crippen LogP contribution in [-0.4, -0.2) is 19.7 Å². The molecule has 0 bridgehead atoms. The molecular formula is C19H9Cl2N5OS. The van der Waals surface area contributed by atoms with E-state index in [0.717, 1.165) is 11.8 Å². The molecule has 28 heavy (non-hydrogen) atoms. The van der Waals surface area contributed by atoms with Gasteiger partial charge in [0, 0.05) is 10.0 Å². The molecule has 0 saturated carbocycles. The van der Waals surface area contributed by atoms with E-state index in [1.54, 1.807) is 54.6 Å². The summed E-state index contributed by atoms with van der Waals surface area (Å²) in [5, 5.41) is 19.1. The van der Waals surface area contributed by atoms with Gasteiger partial charge in [-0.05, 0) is 66.4 Å². The van der Waals surface area contributed by atoms with Gasteiger partial charge in [-0.25, -0.2) is 4.98 Å². The molecule has 2 heterocycles. The highest BCUT2D eigenvalue weighted by Crippen LogP contribution is 2.28. The topological polar surface area (TPSA) is 84.5 Å². The van der Waals surface area contributed by atoms with Crippen LogP contribution < -0.4 is 5.56 Å². The average molecular weight is 426 g/mol. The van der Waals surface area contributed by atoms with Crippen molar-refractivity contribution in [2.24, 2.45) is 0 Å². The first-order chi connectivity index (χ1) is 13.5. The van der Waals surface area contributed by atoms with Crippen molar-refractivity contribution in [3.63, 3.8) is 0 Å². The number of aromatic nitrogens is 4. The third-order valence-electron chi connectivity index (χ3n) is 3.84. The van der Waals surface area contributed by atoms with Crippen LogP contribution in [0.2, 0.25) is 10.0 Å². The molecule has 2 aromatic heterocycles. The lowest BCUT2D eigenvalue weighted by molar-refractivity contribution is 0.814. The Morgan fingerprint density at radius 2 is 1.71 bits per heavy atom. The van der Waals surface area contributed by atoms with Crippen LogP contribution in [0.3, 0.4) is 0 Å². The molecule has 0 aliphatic rings. The molecule has 0 radical (unpaired) electrons. The zero-order chi connectivity index (χ0) is 19.7. The molecule has 0 aliphatic heterocycles. The Morgan fingerprint density at radius 3 is 2.39 bits per heavy atom. The predicted molar refractivity (Wildman–Crippen MR) is 108 cm³/mol. The third kappa shape index (κ3) is 3.58. The van der Waals surface area contributed by atoms with E-state index in [0.29, 0.717) is 36.8 Å². The second-order valence-corrected chi connectivity index (χ2v) is 7.50. The van der Waals surface area contributed by atoms with Gasteiger partial charge in [0.15, 0.2) is 10.9 Å².